The first kappa shape index (κ1) is 10.2. The van der Waals surface area contributed by atoms with Crippen molar-refractivity contribution in [2.24, 2.45) is 0 Å². The molecule has 1 aliphatic rings. The molecule has 0 radical (unpaired) electrons. The van der Waals surface area contributed by atoms with Crippen LogP contribution in [0.2, 0.25) is 0 Å². The Bertz CT molecular complexity index is 486. The molecule has 0 atom stereocenters. The second-order valence-electron chi connectivity index (χ2n) is 3.32. The lowest BCUT2D eigenvalue weighted by Gasteiger charge is -2.19. The van der Waals surface area contributed by atoms with Crippen molar-refractivity contribution < 1.29 is 13.0 Å². The molecule has 0 fully saturated rings. The molecule has 1 aromatic carbocycles. The minimum atomic E-state index is -4.25. The summed E-state index contributed by atoms with van der Waals surface area (Å²) in [5.41, 5.74) is 7.79. The molecule has 1 aromatic rings. The van der Waals surface area contributed by atoms with E-state index in [1.54, 1.807) is 6.07 Å². The number of fused-ring (bicyclic) bond motifs is 1. The summed E-state index contributed by atoms with van der Waals surface area (Å²) in [7, 11) is -4.25. The van der Waals surface area contributed by atoms with E-state index in [0.29, 0.717) is 24.3 Å². The third kappa shape index (κ3) is 2.04. The second-order valence-corrected chi connectivity index (χ2v) is 4.46. The van der Waals surface area contributed by atoms with Gasteiger partial charge < -0.3 is 5.73 Å². The molecule has 0 saturated heterocycles. The fourth-order valence-electron chi connectivity index (χ4n) is 1.72. The number of hydrogen-bond donors (Lipinski definition) is 3. The number of nitrogen functional groups attached to an aromatic ring is 1. The van der Waals surface area contributed by atoms with Gasteiger partial charge in [0.2, 0.25) is 0 Å². The van der Waals surface area contributed by atoms with Crippen molar-refractivity contribution in [1.29, 1.82) is 0 Å². The molecule has 1 heterocycles. The number of nitrogens with one attached hydrogen (secondary N) is 1. The van der Waals surface area contributed by atoms with Gasteiger partial charge in [-0.2, -0.15) is 8.42 Å². The van der Waals surface area contributed by atoms with E-state index in [2.05, 4.69) is 0 Å². The molecule has 0 amide bonds. The van der Waals surface area contributed by atoms with Crippen LogP contribution in [-0.4, -0.2) is 19.5 Å². The summed E-state index contributed by atoms with van der Waals surface area (Å²) in [6.07, 6.45) is 0.697. The van der Waals surface area contributed by atoms with Crippen molar-refractivity contribution in [3.63, 3.8) is 0 Å². The number of anilines is 2. The summed E-state index contributed by atoms with van der Waals surface area (Å²) in [6, 6.07) is 5.37. The smallest absolute Gasteiger partial charge is 0.350 e. The van der Waals surface area contributed by atoms with Gasteiger partial charge in [-0.25, -0.2) is 0 Å². The number of hydrazine groups is 1. The zero-order valence-electron chi connectivity index (χ0n) is 7.84. The van der Waals surface area contributed by atoms with E-state index < -0.39 is 10.3 Å². The first-order valence-electron chi connectivity index (χ1n) is 4.37. The van der Waals surface area contributed by atoms with Crippen LogP contribution in [0.5, 0.6) is 0 Å². The molecule has 7 heteroatoms. The molecule has 4 N–H and O–H groups in total. The molecule has 1 aliphatic heterocycles. The van der Waals surface area contributed by atoms with Crippen molar-refractivity contribution in [1.82, 2.24) is 4.83 Å². The highest BCUT2D eigenvalue weighted by Crippen LogP contribution is 2.32. The Labute approximate surface area is 87.5 Å². The van der Waals surface area contributed by atoms with Crippen LogP contribution < -0.4 is 15.6 Å². The molecule has 0 saturated carbocycles. The highest BCUT2D eigenvalue weighted by atomic mass is 32.2. The van der Waals surface area contributed by atoms with Crippen LogP contribution in [0.1, 0.15) is 5.56 Å². The molecular weight excluding hydrogens is 218 g/mol. The summed E-state index contributed by atoms with van der Waals surface area (Å²) < 4.78 is 30.0. The Balaban J connectivity index is 2.36. The third-order valence-electron chi connectivity index (χ3n) is 2.25. The lowest BCUT2D eigenvalue weighted by Crippen LogP contribution is -2.40. The topological polar surface area (TPSA) is 95.7 Å². The maximum atomic E-state index is 10.7. The van der Waals surface area contributed by atoms with Gasteiger partial charge in [0.15, 0.2) is 0 Å². The number of nitrogens with zero attached hydrogens (tertiary/aromatic N) is 1. The summed E-state index contributed by atoms with van der Waals surface area (Å²) in [5.74, 6) is 0. The first-order chi connectivity index (χ1) is 6.97. The van der Waals surface area contributed by atoms with Gasteiger partial charge in [-0.15, -0.1) is 4.83 Å². The van der Waals surface area contributed by atoms with Gasteiger partial charge in [0.05, 0.1) is 11.4 Å². The van der Waals surface area contributed by atoms with Crippen molar-refractivity contribution in [2.75, 3.05) is 17.3 Å². The van der Waals surface area contributed by atoms with Gasteiger partial charge in [0.25, 0.3) is 0 Å². The quantitative estimate of drug-likeness (QED) is 0.487. The zero-order valence-corrected chi connectivity index (χ0v) is 8.66. The highest BCUT2D eigenvalue weighted by molar-refractivity contribution is 7.83. The number of para-hydroxylation sites is 1. The number of rotatable bonds is 2. The van der Waals surface area contributed by atoms with Crippen LogP contribution in [0.25, 0.3) is 0 Å². The lowest BCUT2D eigenvalue weighted by molar-refractivity contribution is 0.465. The van der Waals surface area contributed by atoms with Gasteiger partial charge in [-0.05, 0) is 18.1 Å². The van der Waals surface area contributed by atoms with Crippen molar-refractivity contribution in [3.8, 4) is 0 Å². The van der Waals surface area contributed by atoms with E-state index >= 15 is 0 Å². The Morgan fingerprint density at radius 1 is 1.47 bits per heavy atom. The minimum absolute atomic E-state index is 0.462. The van der Waals surface area contributed by atoms with Crippen molar-refractivity contribution >= 4 is 21.7 Å². The van der Waals surface area contributed by atoms with Crippen LogP contribution in [0.15, 0.2) is 18.2 Å². The Morgan fingerprint density at radius 2 is 2.20 bits per heavy atom. The van der Waals surface area contributed by atoms with Gasteiger partial charge in [-0.1, -0.05) is 12.1 Å². The van der Waals surface area contributed by atoms with E-state index in [0.717, 1.165) is 5.56 Å². The van der Waals surface area contributed by atoms with Crippen LogP contribution >= 0.6 is 0 Å². The highest BCUT2D eigenvalue weighted by Gasteiger charge is 2.24. The van der Waals surface area contributed by atoms with Crippen LogP contribution in [0.3, 0.4) is 0 Å². The maximum Gasteiger partial charge on any atom is 0.350 e. The molecule has 15 heavy (non-hydrogen) atoms. The molecule has 0 aromatic heterocycles. The van der Waals surface area contributed by atoms with Gasteiger partial charge in [0, 0.05) is 6.54 Å². The Morgan fingerprint density at radius 3 is 2.87 bits per heavy atom. The standard InChI is InChI=1S/C8H11N3O3S/c9-7-3-1-2-6-4-5-11(8(6)7)10-15(12,13)14/h1-3,10H,4-5,9H2,(H,12,13,14). The molecule has 0 unspecified atom stereocenters. The normalized spacial score (nSPS) is 15.4. The van der Waals surface area contributed by atoms with Crippen molar-refractivity contribution in [3.05, 3.63) is 23.8 Å². The third-order valence-corrected chi connectivity index (χ3v) is 2.70. The average molecular weight is 229 g/mol. The van der Waals surface area contributed by atoms with E-state index in [1.807, 2.05) is 17.0 Å². The zero-order chi connectivity index (χ0) is 11.1. The molecular formula is C8H11N3O3S. The van der Waals surface area contributed by atoms with E-state index in [1.165, 1.54) is 5.01 Å². The molecule has 6 nitrogen and oxygen atoms in total. The summed E-state index contributed by atoms with van der Waals surface area (Å²) in [6.45, 7) is 0.462. The number of hydrogen-bond acceptors (Lipinski definition) is 4. The minimum Gasteiger partial charge on any atom is -0.397 e. The van der Waals surface area contributed by atoms with Crippen molar-refractivity contribution in [2.45, 2.75) is 6.42 Å². The maximum absolute atomic E-state index is 10.7. The molecule has 2 rings (SSSR count). The predicted molar refractivity (Wildman–Crippen MR) is 56.6 cm³/mol. The van der Waals surface area contributed by atoms with Crippen LogP contribution in [0.4, 0.5) is 11.4 Å². The van der Waals surface area contributed by atoms with Crippen LogP contribution in [-0.2, 0) is 16.7 Å². The SMILES string of the molecule is Nc1cccc2c1N(NS(=O)(=O)O)CC2. The van der Waals surface area contributed by atoms with Gasteiger partial charge in [0.1, 0.15) is 0 Å². The molecule has 82 valence electrons. The monoisotopic (exact) mass is 229 g/mol. The predicted octanol–water partition coefficient (Wildman–Crippen LogP) is -0.0613. The molecule has 0 aliphatic carbocycles. The van der Waals surface area contributed by atoms with E-state index in [9.17, 15) is 8.42 Å². The number of nitrogens with two attached hydrogens (primary N) is 1. The first-order valence-corrected chi connectivity index (χ1v) is 5.81. The fourth-order valence-corrected chi connectivity index (χ4v) is 2.18. The summed E-state index contributed by atoms with van der Waals surface area (Å²) in [4.78, 5) is 2.00. The number of benzene rings is 1. The average Bonchev–Trinajstić information content (AvgIpc) is 2.47. The Hall–Kier alpha value is -1.31. The van der Waals surface area contributed by atoms with Gasteiger partial charge >= 0.3 is 10.3 Å². The summed E-state index contributed by atoms with van der Waals surface area (Å²) >= 11 is 0. The lowest BCUT2D eigenvalue weighted by atomic mass is 10.1. The summed E-state index contributed by atoms with van der Waals surface area (Å²) in [5, 5.41) is 1.33. The van der Waals surface area contributed by atoms with E-state index in [-0.39, 0.29) is 0 Å². The largest absolute Gasteiger partial charge is 0.397 e. The van der Waals surface area contributed by atoms with Crippen LogP contribution in [0, 0.1) is 0 Å². The second kappa shape index (κ2) is 3.37. The Kier molecular flexibility index (Phi) is 2.29. The molecule has 0 spiro atoms. The van der Waals surface area contributed by atoms with Gasteiger partial charge in [-0.3, -0.25) is 9.56 Å². The van der Waals surface area contributed by atoms with E-state index in [4.69, 9.17) is 10.3 Å². The molecule has 0 bridgehead atoms. The fraction of sp³-hybridized carbons (Fsp3) is 0.250.